The molecule has 33 heavy (non-hydrogen) atoms. The molecule has 8 heteroatoms. The van der Waals surface area contributed by atoms with Crippen molar-refractivity contribution < 1.29 is 4.79 Å². The predicted octanol–water partition coefficient (Wildman–Crippen LogP) is 3.47. The Kier molecular flexibility index (Phi) is 5.85. The first-order chi connectivity index (χ1) is 16.2. The van der Waals surface area contributed by atoms with Gasteiger partial charge in [-0.2, -0.15) is 5.26 Å². The van der Waals surface area contributed by atoms with Gasteiger partial charge in [0.15, 0.2) is 5.82 Å². The van der Waals surface area contributed by atoms with Gasteiger partial charge in [0.1, 0.15) is 5.82 Å². The van der Waals surface area contributed by atoms with E-state index in [1.165, 1.54) is 0 Å². The van der Waals surface area contributed by atoms with Gasteiger partial charge in [-0.3, -0.25) is 9.78 Å². The molecule has 2 fully saturated rings. The van der Waals surface area contributed by atoms with Crippen LogP contribution in [0.4, 0.5) is 17.3 Å². The van der Waals surface area contributed by atoms with Crippen molar-refractivity contribution in [3.05, 3.63) is 72.3 Å². The number of nitrogens with zero attached hydrogens (tertiary/aromatic N) is 6. The Morgan fingerprint density at radius 2 is 1.73 bits per heavy atom. The fourth-order valence-corrected chi connectivity index (χ4v) is 4.36. The minimum Gasteiger partial charge on any atom is -0.355 e. The first kappa shape index (κ1) is 20.9. The van der Waals surface area contributed by atoms with Crippen LogP contribution in [0.25, 0.3) is 0 Å². The summed E-state index contributed by atoms with van der Waals surface area (Å²) in [5.41, 5.74) is 2.30. The normalized spacial score (nSPS) is 16.7. The van der Waals surface area contributed by atoms with Crippen LogP contribution in [-0.2, 0) is 0 Å². The summed E-state index contributed by atoms with van der Waals surface area (Å²) in [5.74, 6) is 2.04. The van der Waals surface area contributed by atoms with Crippen LogP contribution in [-0.4, -0.2) is 47.0 Å². The molecular weight excluding hydrogens is 414 g/mol. The minimum atomic E-state index is -0.175. The number of rotatable bonds is 5. The second kappa shape index (κ2) is 9.25. The first-order valence-corrected chi connectivity index (χ1v) is 11.2. The molecule has 166 valence electrons. The summed E-state index contributed by atoms with van der Waals surface area (Å²) in [6, 6.07) is 15.5. The lowest BCUT2D eigenvalue weighted by atomic mass is 9.94. The summed E-state index contributed by atoms with van der Waals surface area (Å²) in [6.07, 6.45) is 6.86. The molecule has 2 aliphatic rings. The number of nitrogens with one attached hydrogen (secondary N) is 1. The second-order valence-electron chi connectivity index (χ2n) is 8.48. The van der Waals surface area contributed by atoms with Crippen LogP contribution in [0, 0.1) is 17.2 Å². The monoisotopic (exact) mass is 439 g/mol. The fraction of sp³-hybridized carbons (Fsp3) is 0.320. The molecule has 2 aliphatic heterocycles. The fourth-order valence-electron chi connectivity index (χ4n) is 4.36. The molecule has 0 radical (unpaired) electrons. The van der Waals surface area contributed by atoms with E-state index in [4.69, 9.17) is 5.26 Å². The van der Waals surface area contributed by atoms with Gasteiger partial charge >= 0.3 is 0 Å². The van der Waals surface area contributed by atoms with E-state index >= 15 is 0 Å². The maximum atomic E-state index is 12.4. The van der Waals surface area contributed by atoms with Gasteiger partial charge in [0.2, 0.25) is 0 Å². The smallest absolute Gasteiger partial charge is 0.257 e. The number of para-hydroxylation sites is 1. The van der Waals surface area contributed by atoms with E-state index < -0.39 is 0 Å². The largest absolute Gasteiger partial charge is 0.355 e. The Balaban J connectivity index is 1.21. The highest BCUT2D eigenvalue weighted by molar-refractivity contribution is 6.04. The molecule has 0 aliphatic carbocycles. The zero-order valence-corrected chi connectivity index (χ0v) is 18.3. The molecule has 2 aromatic heterocycles. The first-order valence-electron chi connectivity index (χ1n) is 11.2. The van der Waals surface area contributed by atoms with Crippen LogP contribution in [0.1, 0.15) is 34.8 Å². The third-order valence-electron chi connectivity index (χ3n) is 6.32. The molecule has 0 saturated carbocycles. The number of nitriles is 1. The Hall–Kier alpha value is -3.99. The average molecular weight is 440 g/mol. The maximum absolute atomic E-state index is 12.4. The van der Waals surface area contributed by atoms with E-state index in [1.807, 2.05) is 36.4 Å². The van der Waals surface area contributed by atoms with Crippen molar-refractivity contribution in [3.63, 3.8) is 0 Å². The van der Waals surface area contributed by atoms with Gasteiger partial charge in [-0.25, -0.2) is 9.97 Å². The molecule has 2 saturated heterocycles. The van der Waals surface area contributed by atoms with Gasteiger partial charge in [-0.05, 0) is 37.1 Å². The second-order valence-corrected chi connectivity index (χ2v) is 8.48. The Labute approximate surface area is 192 Å². The van der Waals surface area contributed by atoms with E-state index in [9.17, 15) is 4.79 Å². The van der Waals surface area contributed by atoms with E-state index in [1.54, 1.807) is 24.7 Å². The summed E-state index contributed by atoms with van der Waals surface area (Å²) >= 11 is 0. The number of hydrogen-bond acceptors (Lipinski definition) is 7. The highest BCUT2D eigenvalue weighted by Crippen LogP contribution is 2.34. The molecule has 3 aromatic rings. The lowest BCUT2D eigenvalue weighted by Gasteiger charge is -2.41. The van der Waals surface area contributed by atoms with Gasteiger partial charge in [-0.15, -0.1) is 0 Å². The lowest BCUT2D eigenvalue weighted by Crippen LogP contribution is -2.47. The predicted molar refractivity (Wildman–Crippen MR) is 126 cm³/mol. The van der Waals surface area contributed by atoms with Crippen molar-refractivity contribution >= 4 is 23.2 Å². The standard InChI is InChI=1S/C25H25N7O/c26-14-18-8-12-31(13-9-18)24-23(27-10-11-28-24)20-16-32(17-20)22-7-6-19(15-29-22)25(33)30-21-4-2-1-3-5-21/h1-7,10-11,15,18,20H,8-9,12-13,16-17H2,(H,30,33). The van der Waals surface area contributed by atoms with E-state index in [0.29, 0.717) is 5.56 Å². The van der Waals surface area contributed by atoms with E-state index in [2.05, 4.69) is 36.1 Å². The van der Waals surface area contributed by atoms with Crippen molar-refractivity contribution in [2.24, 2.45) is 5.92 Å². The highest BCUT2D eigenvalue weighted by Gasteiger charge is 2.34. The van der Waals surface area contributed by atoms with Gasteiger partial charge in [0, 0.05) is 62.3 Å². The summed E-state index contributed by atoms with van der Waals surface area (Å²) in [6.45, 7) is 3.30. The van der Waals surface area contributed by atoms with Crippen LogP contribution < -0.4 is 15.1 Å². The van der Waals surface area contributed by atoms with Crippen LogP contribution in [0.5, 0.6) is 0 Å². The SMILES string of the molecule is N#CC1CCN(c2nccnc2C2CN(c3ccc(C(=O)Nc4ccccc4)cn3)C2)CC1. The topological polar surface area (TPSA) is 98.0 Å². The molecule has 0 unspecified atom stereocenters. The number of hydrogen-bond donors (Lipinski definition) is 1. The Morgan fingerprint density at radius 1 is 0.970 bits per heavy atom. The van der Waals surface area contributed by atoms with Crippen LogP contribution >= 0.6 is 0 Å². The van der Waals surface area contributed by atoms with Crippen LogP contribution in [0.2, 0.25) is 0 Å². The van der Waals surface area contributed by atoms with Crippen molar-refractivity contribution in [2.75, 3.05) is 41.3 Å². The van der Waals surface area contributed by atoms with E-state index in [0.717, 1.165) is 62.0 Å². The average Bonchev–Trinajstić information content (AvgIpc) is 2.84. The van der Waals surface area contributed by atoms with Gasteiger partial charge in [-0.1, -0.05) is 18.2 Å². The number of benzene rings is 1. The quantitative estimate of drug-likeness (QED) is 0.650. The number of amides is 1. The Bertz CT molecular complexity index is 1150. The number of anilines is 3. The molecule has 1 aromatic carbocycles. The third-order valence-corrected chi connectivity index (χ3v) is 6.32. The molecule has 0 atom stereocenters. The molecular formula is C25H25N7O. The van der Waals surface area contributed by atoms with Crippen LogP contribution in [0.15, 0.2) is 61.1 Å². The van der Waals surface area contributed by atoms with Gasteiger partial charge in [0.05, 0.1) is 17.3 Å². The molecule has 0 spiro atoms. The zero-order valence-electron chi connectivity index (χ0n) is 18.3. The summed E-state index contributed by atoms with van der Waals surface area (Å²) in [7, 11) is 0. The zero-order chi connectivity index (χ0) is 22.6. The summed E-state index contributed by atoms with van der Waals surface area (Å²) in [4.78, 5) is 30.7. The number of piperidine rings is 1. The van der Waals surface area contributed by atoms with E-state index in [-0.39, 0.29) is 17.7 Å². The summed E-state index contributed by atoms with van der Waals surface area (Å²) < 4.78 is 0. The number of pyridine rings is 1. The summed E-state index contributed by atoms with van der Waals surface area (Å²) in [5, 5.41) is 12.0. The molecule has 0 bridgehead atoms. The van der Waals surface area contributed by atoms with Crippen molar-refractivity contribution in [1.29, 1.82) is 5.26 Å². The number of carbonyl (C=O) groups is 1. The molecule has 1 N–H and O–H groups in total. The van der Waals surface area contributed by atoms with Crippen molar-refractivity contribution in [2.45, 2.75) is 18.8 Å². The number of aromatic nitrogens is 3. The highest BCUT2D eigenvalue weighted by atomic mass is 16.1. The molecule has 4 heterocycles. The van der Waals surface area contributed by atoms with Gasteiger partial charge < -0.3 is 15.1 Å². The number of carbonyl (C=O) groups excluding carboxylic acids is 1. The Morgan fingerprint density at radius 3 is 2.42 bits per heavy atom. The third kappa shape index (κ3) is 4.48. The van der Waals surface area contributed by atoms with Crippen molar-refractivity contribution in [3.8, 4) is 6.07 Å². The minimum absolute atomic E-state index is 0.143. The molecule has 1 amide bonds. The maximum Gasteiger partial charge on any atom is 0.257 e. The van der Waals surface area contributed by atoms with Crippen LogP contribution in [0.3, 0.4) is 0 Å². The van der Waals surface area contributed by atoms with Gasteiger partial charge in [0.25, 0.3) is 5.91 Å². The lowest BCUT2D eigenvalue weighted by molar-refractivity contribution is 0.102. The van der Waals surface area contributed by atoms with Crippen molar-refractivity contribution in [1.82, 2.24) is 15.0 Å². The molecule has 8 nitrogen and oxygen atoms in total. The molecule has 5 rings (SSSR count).